The van der Waals surface area contributed by atoms with Gasteiger partial charge < -0.3 is 18.8 Å². The molecule has 13 heteroatoms. The summed E-state index contributed by atoms with van der Waals surface area (Å²) in [7, 11) is 1.27. The predicted octanol–water partition coefficient (Wildman–Crippen LogP) is 2.80. The number of carbonyl (C=O) groups excluding carboxylic acids is 2. The normalized spacial score (nSPS) is 28.3. The fraction of sp³-hybridized carbons (Fsp3) is 0.500. The Balaban J connectivity index is 1.72. The van der Waals surface area contributed by atoms with Crippen molar-refractivity contribution in [2.24, 2.45) is 10.4 Å². The lowest BCUT2D eigenvalue weighted by Crippen LogP contribution is -2.73. The summed E-state index contributed by atoms with van der Waals surface area (Å²) in [5, 5.41) is 10.0. The van der Waals surface area contributed by atoms with Gasteiger partial charge in [0.05, 0.1) is 25.8 Å². The predicted molar refractivity (Wildman–Crippen MR) is 115 cm³/mol. The van der Waals surface area contributed by atoms with Gasteiger partial charge in [-0.15, -0.1) is 10.2 Å². The third kappa shape index (κ3) is 3.56. The molecule has 186 valence electrons. The van der Waals surface area contributed by atoms with Crippen LogP contribution in [0.5, 0.6) is 0 Å². The Morgan fingerprint density at radius 2 is 2.06 bits per heavy atom. The Kier molecular flexibility index (Phi) is 5.34. The number of benzene rings is 1. The molecule has 35 heavy (non-hydrogen) atoms. The molecule has 3 aliphatic rings. The van der Waals surface area contributed by atoms with Gasteiger partial charge >= 0.3 is 12.2 Å². The van der Waals surface area contributed by atoms with E-state index in [1.807, 2.05) is 0 Å². The number of carbonyl (C=O) groups is 2. The number of nitrogens with zero attached hydrogens (tertiary/aromatic N) is 4. The molecule has 10 nitrogen and oxygen atoms in total. The maximum absolute atomic E-state index is 13.8. The van der Waals surface area contributed by atoms with Crippen molar-refractivity contribution >= 4 is 23.5 Å². The van der Waals surface area contributed by atoms with Crippen molar-refractivity contribution in [3.05, 3.63) is 29.7 Å². The zero-order valence-corrected chi connectivity index (χ0v) is 19.0. The van der Waals surface area contributed by atoms with Crippen molar-refractivity contribution in [2.45, 2.75) is 51.1 Å². The summed E-state index contributed by atoms with van der Waals surface area (Å²) in [6.45, 7) is 2.77. The second kappa shape index (κ2) is 8.04. The standard InChI is InChI=1S/C22H22F3N5O5/c1-4-14-16-21(18(31)26-20(32)27-19(21)33-3)8-12-7-11(17-29-28-10(2)34-17)5-6-13(12)30(16)9-15(35-14)22(23,24)25/h5-7,14-16H,4,8-9H2,1-3H3,(H,26,31,32)/t14-,15-,16+,21-/m0/s1. The largest absolute Gasteiger partial charge is 0.483 e. The molecule has 1 aromatic heterocycles. The van der Waals surface area contributed by atoms with Crippen molar-refractivity contribution in [1.82, 2.24) is 15.5 Å². The molecule has 1 N–H and O–H groups in total. The van der Waals surface area contributed by atoms with Gasteiger partial charge in [0.1, 0.15) is 0 Å². The zero-order chi connectivity index (χ0) is 25.1. The number of fused-ring (bicyclic) bond motifs is 4. The molecule has 5 rings (SSSR count). The highest BCUT2D eigenvalue weighted by Crippen LogP contribution is 2.50. The topological polar surface area (TPSA) is 119 Å². The number of hydrogen-bond acceptors (Lipinski definition) is 8. The van der Waals surface area contributed by atoms with Crippen LogP contribution in [0.25, 0.3) is 11.5 Å². The number of aryl methyl sites for hydroxylation is 1. The number of ether oxygens (including phenoxy) is 2. The summed E-state index contributed by atoms with van der Waals surface area (Å²) >= 11 is 0. The molecule has 0 bridgehead atoms. The highest BCUT2D eigenvalue weighted by atomic mass is 19.4. The number of methoxy groups -OCH3 is 1. The number of halogens is 3. The number of amides is 3. The molecule has 0 saturated carbocycles. The van der Waals surface area contributed by atoms with Crippen LogP contribution in [0.2, 0.25) is 0 Å². The first-order valence-electron chi connectivity index (χ1n) is 11.0. The number of aromatic nitrogens is 2. The molecule has 0 radical (unpaired) electrons. The van der Waals surface area contributed by atoms with Gasteiger partial charge in [0, 0.05) is 18.2 Å². The van der Waals surface area contributed by atoms with Crippen LogP contribution in [0.1, 0.15) is 24.8 Å². The van der Waals surface area contributed by atoms with E-state index in [4.69, 9.17) is 13.9 Å². The van der Waals surface area contributed by atoms with Crippen LogP contribution in [0, 0.1) is 12.3 Å². The summed E-state index contributed by atoms with van der Waals surface area (Å²) in [5.41, 5.74) is -0.0110. The van der Waals surface area contributed by atoms with Crippen LogP contribution >= 0.6 is 0 Å². The van der Waals surface area contributed by atoms with E-state index < -0.39 is 48.3 Å². The lowest BCUT2D eigenvalue weighted by molar-refractivity contribution is -0.244. The van der Waals surface area contributed by atoms with E-state index in [-0.39, 0.29) is 24.6 Å². The number of urea groups is 1. The summed E-state index contributed by atoms with van der Waals surface area (Å²) in [4.78, 5) is 30.9. The zero-order valence-electron chi connectivity index (χ0n) is 19.0. The Morgan fingerprint density at radius 3 is 2.69 bits per heavy atom. The number of imide groups is 1. The maximum atomic E-state index is 13.8. The third-order valence-electron chi connectivity index (χ3n) is 6.70. The average molecular weight is 493 g/mol. The van der Waals surface area contributed by atoms with E-state index in [2.05, 4.69) is 20.5 Å². The van der Waals surface area contributed by atoms with E-state index in [9.17, 15) is 22.8 Å². The number of nitrogens with one attached hydrogen (secondary N) is 1. The van der Waals surface area contributed by atoms with Crippen LogP contribution in [0.4, 0.5) is 23.7 Å². The first-order chi connectivity index (χ1) is 16.6. The van der Waals surface area contributed by atoms with Gasteiger partial charge in [-0.05, 0) is 36.6 Å². The van der Waals surface area contributed by atoms with Crippen LogP contribution in [0.15, 0.2) is 27.6 Å². The summed E-state index contributed by atoms with van der Waals surface area (Å²) in [6, 6.07) is 3.24. The average Bonchev–Trinajstić information content (AvgIpc) is 3.25. The molecule has 3 amide bonds. The molecule has 1 spiro atoms. The van der Waals surface area contributed by atoms with Gasteiger partial charge in [0.25, 0.3) is 0 Å². The molecule has 1 fully saturated rings. The fourth-order valence-corrected chi connectivity index (χ4v) is 5.28. The van der Waals surface area contributed by atoms with Crippen molar-refractivity contribution in [3.63, 3.8) is 0 Å². The number of hydrogen-bond donors (Lipinski definition) is 1. The van der Waals surface area contributed by atoms with Crippen LogP contribution in [0.3, 0.4) is 0 Å². The molecule has 2 aromatic rings. The van der Waals surface area contributed by atoms with Crippen molar-refractivity contribution < 1.29 is 36.7 Å². The first-order valence-corrected chi connectivity index (χ1v) is 11.0. The Bertz CT molecular complexity index is 1230. The van der Waals surface area contributed by atoms with Crippen LogP contribution in [-0.4, -0.2) is 66.1 Å². The van der Waals surface area contributed by atoms with Crippen LogP contribution in [-0.2, 0) is 20.7 Å². The fourth-order valence-electron chi connectivity index (χ4n) is 5.28. The third-order valence-corrected chi connectivity index (χ3v) is 6.70. The number of alkyl halides is 3. The van der Waals surface area contributed by atoms with Crippen molar-refractivity contribution in [1.29, 1.82) is 0 Å². The second-order valence-corrected chi connectivity index (χ2v) is 8.71. The summed E-state index contributed by atoms with van der Waals surface area (Å²) in [6.07, 6.45) is -7.50. The number of aliphatic imine (C=N–C) groups is 1. The number of anilines is 1. The molecule has 1 aromatic carbocycles. The molecule has 4 atom stereocenters. The van der Waals surface area contributed by atoms with Gasteiger partial charge in [-0.25, -0.2) is 4.79 Å². The van der Waals surface area contributed by atoms with Gasteiger partial charge in [0.2, 0.25) is 23.6 Å². The molecule has 0 unspecified atom stereocenters. The summed E-state index contributed by atoms with van der Waals surface area (Å²) in [5.74, 6) is -0.299. The van der Waals surface area contributed by atoms with Crippen molar-refractivity contribution in [3.8, 4) is 11.5 Å². The minimum Gasteiger partial charge on any atom is -0.483 e. The Morgan fingerprint density at radius 1 is 1.29 bits per heavy atom. The lowest BCUT2D eigenvalue weighted by Gasteiger charge is -2.56. The maximum Gasteiger partial charge on any atom is 0.416 e. The highest BCUT2D eigenvalue weighted by Gasteiger charge is 2.64. The van der Waals surface area contributed by atoms with Gasteiger partial charge in [-0.2, -0.15) is 18.2 Å². The summed E-state index contributed by atoms with van der Waals surface area (Å²) < 4.78 is 57.9. The molecule has 1 saturated heterocycles. The highest BCUT2D eigenvalue weighted by molar-refractivity contribution is 6.18. The van der Waals surface area contributed by atoms with E-state index in [0.29, 0.717) is 22.7 Å². The van der Waals surface area contributed by atoms with Gasteiger partial charge in [-0.1, -0.05) is 6.92 Å². The molecular formula is C22H22F3N5O5. The van der Waals surface area contributed by atoms with Crippen molar-refractivity contribution in [2.75, 3.05) is 18.6 Å². The Hall–Kier alpha value is -3.48. The lowest BCUT2D eigenvalue weighted by atomic mass is 9.66. The minimum absolute atomic E-state index is 0.00674. The first kappa shape index (κ1) is 23.3. The number of morpholine rings is 1. The monoisotopic (exact) mass is 493 g/mol. The Labute approximate surface area is 197 Å². The van der Waals surface area contributed by atoms with E-state index in [1.54, 1.807) is 32.0 Å². The SMILES string of the molecule is CC[C@@H]1O[C@H](C(F)(F)F)CN2c3ccc(-c4nnc(C)o4)cc3C[C@@]3(C(=O)NC(=O)N=C3OC)[C@@H]12. The molecule has 4 heterocycles. The molecular weight excluding hydrogens is 471 g/mol. The van der Waals surface area contributed by atoms with Gasteiger partial charge in [-0.3, -0.25) is 10.1 Å². The van der Waals surface area contributed by atoms with E-state index >= 15 is 0 Å². The molecule has 0 aliphatic carbocycles. The van der Waals surface area contributed by atoms with Crippen LogP contribution < -0.4 is 10.2 Å². The minimum atomic E-state index is -4.62. The molecule has 3 aliphatic heterocycles. The van der Waals surface area contributed by atoms with E-state index in [1.165, 1.54) is 12.0 Å². The smallest absolute Gasteiger partial charge is 0.416 e. The second-order valence-electron chi connectivity index (χ2n) is 8.71. The number of rotatable bonds is 2. The van der Waals surface area contributed by atoms with E-state index in [0.717, 1.165) is 0 Å². The quantitative estimate of drug-likeness (QED) is 0.679. The van der Waals surface area contributed by atoms with Gasteiger partial charge in [0.15, 0.2) is 11.5 Å².